The number of rotatable bonds is 5. The minimum atomic E-state index is -4.40. The third-order valence-corrected chi connectivity index (χ3v) is 2.96. The van der Waals surface area contributed by atoms with Crippen molar-refractivity contribution in [3.05, 3.63) is 15.6 Å². The lowest BCUT2D eigenvalue weighted by Crippen LogP contribution is -2.16. The number of ether oxygens (including phenoxy) is 1. The quantitative estimate of drug-likeness (QED) is 0.902. The number of hydrogen-bond acceptors (Lipinski definition) is 4. The van der Waals surface area contributed by atoms with E-state index in [1.54, 1.807) is 13.8 Å². The Kier molecular flexibility index (Phi) is 4.69. The van der Waals surface area contributed by atoms with E-state index < -0.39 is 18.8 Å². The summed E-state index contributed by atoms with van der Waals surface area (Å²) < 4.78 is 40.0. The van der Waals surface area contributed by atoms with Crippen LogP contribution < -0.4 is 0 Å². The normalized spacial score (nSPS) is 12.1. The van der Waals surface area contributed by atoms with E-state index in [1.807, 2.05) is 0 Å². The molecule has 0 unspecified atom stereocenters. The number of aromatic nitrogens is 1. The van der Waals surface area contributed by atoms with Crippen LogP contribution in [0.3, 0.4) is 0 Å². The Bertz CT molecular complexity index is 428. The number of aromatic carboxylic acids is 1. The average Bonchev–Trinajstić information content (AvgIpc) is 2.60. The molecule has 0 saturated carbocycles. The lowest BCUT2D eigenvalue weighted by atomic mass is 10.1. The van der Waals surface area contributed by atoms with Crippen molar-refractivity contribution < 1.29 is 27.8 Å². The highest BCUT2D eigenvalue weighted by molar-refractivity contribution is 7.13. The fourth-order valence-electron chi connectivity index (χ4n) is 1.24. The number of carboxylic acid groups (broad SMARTS) is 1. The van der Waals surface area contributed by atoms with E-state index in [0.717, 1.165) is 11.3 Å². The van der Waals surface area contributed by atoms with Crippen molar-refractivity contribution in [2.24, 2.45) is 0 Å². The van der Waals surface area contributed by atoms with Crippen molar-refractivity contribution in [3.8, 4) is 0 Å². The summed E-state index contributed by atoms with van der Waals surface area (Å²) in [5.41, 5.74) is 0.373. The average molecular weight is 283 g/mol. The molecule has 0 spiro atoms. The van der Waals surface area contributed by atoms with Gasteiger partial charge in [-0.2, -0.15) is 13.2 Å². The van der Waals surface area contributed by atoms with Crippen molar-refractivity contribution >= 4 is 17.3 Å². The Hall–Kier alpha value is -1.15. The first-order valence-corrected chi connectivity index (χ1v) is 5.89. The molecule has 0 aromatic carbocycles. The number of nitrogens with zero attached hydrogens (tertiary/aromatic N) is 1. The van der Waals surface area contributed by atoms with Crippen LogP contribution in [-0.4, -0.2) is 28.8 Å². The van der Waals surface area contributed by atoms with Crippen LogP contribution in [0.1, 0.15) is 40.1 Å². The number of alkyl halides is 3. The lowest BCUT2D eigenvalue weighted by molar-refractivity contribution is -0.176. The smallest absolute Gasteiger partial charge is 0.411 e. The Balaban J connectivity index is 2.73. The molecular formula is C10H12F3NO3S. The second-order valence-corrected chi connectivity index (χ2v) is 4.97. The Morgan fingerprint density at radius 3 is 2.50 bits per heavy atom. The topological polar surface area (TPSA) is 59.4 Å². The molecule has 102 valence electrons. The molecule has 1 rings (SSSR count). The van der Waals surface area contributed by atoms with Gasteiger partial charge < -0.3 is 9.84 Å². The maximum Gasteiger partial charge on any atom is 0.411 e. The summed E-state index contributed by atoms with van der Waals surface area (Å²) >= 11 is 0.844. The van der Waals surface area contributed by atoms with E-state index in [9.17, 15) is 18.0 Å². The Morgan fingerprint density at radius 1 is 1.50 bits per heavy atom. The summed E-state index contributed by atoms with van der Waals surface area (Å²) in [5, 5.41) is 9.17. The molecule has 0 aliphatic heterocycles. The number of carbonyl (C=O) groups is 1. The van der Waals surface area contributed by atoms with E-state index >= 15 is 0 Å². The van der Waals surface area contributed by atoms with Crippen LogP contribution in [0.15, 0.2) is 0 Å². The molecule has 1 heterocycles. The van der Waals surface area contributed by atoms with Crippen LogP contribution in [0.25, 0.3) is 0 Å². The van der Waals surface area contributed by atoms with Crippen molar-refractivity contribution in [2.75, 3.05) is 6.61 Å². The first kappa shape index (κ1) is 14.9. The van der Waals surface area contributed by atoms with Gasteiger partial charge in [0.15, 0.2) is 0 Å². The van der Waals surface area contributed by atoms with Crippen LogP contribution in [0.4, 0.5) is 13.2 Å². The van der Waals surface area contributed by atoms with Gasteiger partial charge in [0.25, 0.3) is 0 Å². The van der Waals surface area contributed by atoms with Gasteiger partial charge in [-0.1, -0.05) is 13.8 Å². The fraction of sp³-hybridized carbons (Fsp3) is 0.600. The molecule has 0 amide bonds. The zero-order valence-corrected chi connectivity index (χ0v) is 10.6. The molecule has 0 saturated heterocycles. The highest BCUT2D eigenvalue weighted by Crippen LogP contribution is 2.26. The molecule has 0 radical (unpaired) electrons. The Labute approximate surface area is 105 Å². The molecule has 18 heavy (non-hydrogen) atoms. The number of halogens is 3. The van der Waals surface area contributed by atoms with Crippen LogP contribution in [-0.2, 0) is 11.3 Å². The van der Waals surface area contributed by atoms with E-state index in [-0.39, 0.29) is 22.4 Å². The summed E-state index contributed by atoms with van der Waals surface area (Å²) in [4.78, 5) is 15.0. The molecule has 1 N–H and O–H groups in total. The second-order valence-electron chi connectivity index (χ2n) is 3.89. The molecule has 1 aromatic heterocycles. The number of hydrogen-bond donors (Lipinski definition) is 1. The van der Waals surface area contributed by atoms with E-state index in [1.165, 1.54) is 0 Å². The predicted octanol–water partition coefficient (Wildman–Crippen LogP) is 3.04. The standard InChI is InChI=1S/C10H12F3NO3S/c1-5(2)7-8(9(15)16)18-6(14-7)3-17-4-10(11,12)13/h5H,3-4H2,1-2H3,(H,15,16). The number of thiazole rings is 1. The van der Waals surface area contributed by atoms with Gasteiger partial charge in [-0.25, -0.2) is 9.78 Å². The highest BCUT2D eigenvalue weighted by Gasteiger charge is 2.28. The molecule has 0 fully saturated rings. The second kappa shape index (κ2) is 5.66. The molecule has 0 atom stereocenters. The van der Waals surface area contributed by atoms with Crippen LogP contribution in [0.2, 0.25) is 0 Å². The van der Waals surface area contributed by atoms with Crippen molar-refractivity contribution in [3.63, 3.8) is 0 Å². The van der Waals surface area contributed by atoms with Gasteiger partial charge in [0.05, 0.1) is 12.3 Å². The van der Waals surface area contributed by atoms with E-state index in [0.29, 0.717) is 5.69 Å². The van der Waals surface area contributed by atoms with E-state index in [2.05, 4.69) is 9.72 Å². The summed E-state index contributed by atoms with van der Waals surface area (Å²) in [7, 11) is 0. The van der Waals surface area contributed by atoms with Crippen LogP contribution >= 0.6 is 11.3 Å². The molecule has 0 aliphatic carbocycles. The lowest BCUT2D eigenvalue weighted by Gasteiger charge is -2.05. The summed E-state index contributed by atoms with van der Waals surface area (Å²) in [6.07, 6.45) is -4.40. The minimum absolute atomic E-state index is 0.0515. The van der Waals surface area contributed by atoms with Gasteiger partial charge in [-0.15, -0.1) is 11.3 Å². The Morgan fingerprint density at radius 2 is 2.11 bits per heavy atom. The third kappa shape index (κ3) is 4.26. The van der Waals surface area contributed by atoms with E-state index in [4.69, 9.17) is 5.11 Å². The van der Waals surface area contributed by atoms with Gasteiger partial charge in [0.1, 0.15) is 16.5 Å². The van der Waals surface area contributed by atoms with Crippen LogP contribution in [0, 0.1) is 0 Å². The van der Waals surface area contributed by atoms with Crippen molar-refractivity contribution in [1.29, 1.82) is 0 Å². The largest absolute Gasteiger partial charge is 0.477 e. The minimum Gasteiger partial charge on any atom is -0.477 e. The predicted molar refractivity (Wildman–Crippen MR) is 58.9 cm³/mol. The summed E-state index contributed by atoms with van der Waals surface area (Å²) in [6, 6.07) is 0. The summed E-state index contributed by atoms with van der Waals surface area (Å²) in [6.45, 7) is 1.83. The third-order valence-electron chi connectivity index (χ3n) is 1.93. The van der Waals surface area contributed by atoms with Crippen LogP contribution in [0.5, 0.6) is 0 Å². The maximum atomic E-state index is 11.9. The first-order chi connectivity index (χ1) is 8.20. The molecular weight excluding hydrogens is 271 g/mol. The molecule has 0 bridgehead atoms. The first-order valence-electron chi connectivity index (χ1n) is 5.08. The van der Waals surface area contributed by atoms with Crippen molar-refractivity contribution in [1.82, 2.24) is 4.98 Å². The fourth-order valence-corrected chi connectivity index (χ4v) is 2.23. The van der Waals surface area contributed by atoms with Gasteiger partial charge in [-0.05, 0) is 5.92 Å². The summed E-state index contributed by atoms with van der Waals surface area (Å²) in [5.74, 6) is -1.23. The number of carboxylic acids is 1. The van der Waals surface area contributed by atoms with Gasteiger partial charge in [-0.3, -0.25) is 0 Å². The molecule has 4 nitrogen and oxygen atoms in total. The SMILES string of the molecule is CC(C)c1nc(COCC(F)(F)F)sc1C(=O)O. The van der Waals surface area contributed by atoms with Gasteiger partial charge >= 0.3 is 12.1 Å². The zero-order chi connectivity index (χ0) is 13.9. The molecule has 0 aliphatic rings. The zero-order valence-electron chi connectivity index (χ0n) is 9.74. The van der Waals surface area contributed by atoms with Gasteiger partial charge in [0, 0.05) is 0 Å². The van der Waals surface area contributed by atoms with Crippen molar-refractivity contribution in [2.45, 2.75) is 32.5 Å². The van der Waals surface area contributed by atoms with Gasteiger partial charge in [0.2, 0.25) is 0 Å². The highest BCUT2D eigenvalue weighted by atomic mass is 32.1. The maximum absolute atomic E-state index is 11.9. The molecule has 1 aromatic rings. The monoisotopic (exact) mass is 283 g/mol. The molecule has 8 heteroatoms.